The Hall–Kier alpha value is -2.70. The van der Waals surface area contributed by atoms with E-state index in [9.17, 15) is 14.7 Å². The quantitative estimate of drug-likeness (QED) is 0.170. The number of aromatic nitrogens is 3. The second kappa shape index (κ2) is 10.7. The van der Waals surface area contributed by atoms with Crippen LogP contribution in [0.15, 0.2) is 44.4 Å². The second-order valence-electron chi connectivity index (χ2n) is 7.65. The van der Waals surface area contributed by atoms with E-state index >= 15 is 0 Å². The Morgan fingerprint density at radius 1 is 1.22 bits per heavy atom. The standard InChI is InChI=1S/C24H22Br2N4O5S/c1-5-16(31)29-14-10-8-7-9-12(14)20-22(33)27-24(36-4)28-30(20)23(29)18-19(26)13(25)11-15(34-3)21(18)35-17(32)6-2/h7-11,23H,5-6H2,1-4H3. The van der Waals surface area contributed by atoms with Gasteiger partial charge in [0.2, 0.25) is 5.91 Å². The number of fused-ring (bicyclic) bond motifs is 3. The number of rotatable bonds is 6. The van der Waals surface area contributed by atoms with Crippen LogP contribution in [0.5, 0.6) is 17.4 Å². The van der Waals surface area contributed by atoms with Crippen molar-refractivity contribution in [1.29, 1.82) is 0 Å². The van der Waals surface area contributed by atoms with E-state index in [0.29, 0.717) is 25.8 Å². The Bertz CT molecular complexity index is 1370. The molecule has 1 aliphatic rings. The molecule has 2 heterocycles. The molecule has 12 heteroatoms. The van der Waals surface area contributed by atoms with E-state index in [1.807, 2.05) is 0 Å². The summed E-state index contributed by atoms with van der Waals surface area (Å²) in [5.41, 5.74) is 1.65. The Morgan fingerprint density at radius 3 is 2.58 bits per heavy atom. The maximum Gasteiger partial charge on any atom is 0.311 e. The highest BCUT2D eigenvalue weighted by Gasteiger charge is 2.47. The number of thioether (sulfide) groups is 1. The number of methoxy groups -OCH3 is 1. The minimum atomic E-state index is -0.996. The number of carbonyl (C=O) groups excluding carboxylic acids is 2. The van der Waals surface area contributed by atoms with Gasteiger partial charge in [0, 0.05) is 26.9 Å². The van der Waals surface area contributed by atoms with Crippen molar-refractivity contribution in [2.45, 2.75) is 38.0 Å². The number of benzene rings is 2. The molecule has 1 aromatic heterocycles. The molecule has 0 bridgehead atoms. The monoisotopic (exact) mass is 636 g/mol. The fraction of sp³-hybridized carbons (Fsp3) is 0.292. The average Bonchev–Trinajstić information content (AvgIpc) is 2.89. The lowest BCUT2D eigenvalue weighted by Crippen LogP contribution is -2.59. The van der Waals surface area contributed by atoms with Crippen LogP contribution in [0.3, 0.4) is 0 Å². The minimum absolute atomic E-state index is 0.118. The third-order valence-corrected chi connectivity index (χ3v) is 8.18. The zero-order valence-corrected chi connectivity index (χ0v) is 23.9. The molecule has 1 atom stereocenters. The summed E-state index contributed by atoms with van der Waals surface area (Å²) in [5, 5.41) is 18.2. The fourth-order valence-electron chi connectivity index (χ4n) is 4.00. The first kappa shape index (κ1) is 26.4. The molecule has 1 amide bonds. The van der Waals surface area contributed by atoms with Crippen molar-refractivity contribution >= 4 is 61.2 Å². The van der Waals surface area contributed by atoms with Gasteiger partial charge in [-0.1, -0.05) is 42.4 Å². The second-order valence-corrected chi connectivity index (χ2v) is 10.1. The highest BCUT2D eigenvalue weighted by molar-refractivity contribution is 9.13. The number of hydrogen-bond donors (Lipinski definition) is 0. The van der Waals surface area contributed by atoms with Crippen LogP contribution in [-0.4, -0.2) is 35.3 Å². The maximum absolute atomic E-state index is 13.5. The van der Waals surface area contributed by atoms with E-state index in [2.05, 4.69) is 41.9 Å². The molecule has 0 fully saturated rings. The topological polar surface area (TPSA) is 109 Å². The van der Waals surface area contributed by atoms with Crippen LogP contribution in [0.1, 0.15) is 38.4 Å². The lowest BCUT2D eigenvalue weighted by molar-refractivity contribution is -0.764. The Morgan fingerprint density at radius 2 is 1.94 bits per heavy atom. The number of amides is 1. The first-order chi connectivity index (χ1) is 17.3. The Balaban J connectivity index is 2.17. The fourth-order valence-corrected chi connectivity index (χ4v) is 5.27. The molecule has 0 saturated heterocycles. The lowest BCUT2D eigenvalue weighted by Gasteiger charge is -2.34. The molecule has 3 aromatic rings. The van der Waals surface area contributed by atoms with Crippen molar-refractivity contribution in [3.63, 3.8) is 0 Å². The zero-order valence-electron chi connectivity index (χ0n) is 19.9. The van der Waals surface area contributed by atoms with E-state index in [4.69, 9.17) is 9.47 Å². The molecule has 9 nitrogen and oxygen atoms in total. The summed E-state index contributed by atoms with van der Waals surface area (Å²) in [6.45, 7) is 3.43. The molecule has 0 saturated carbocycles. The molecular weight excluding hydrogens is 616 g/mol. The molecule has 4 rings (SSSR count). The van der Waals surface area contributed by atoms with E-state index in [0.717, 1.165) is 0 Å². The lowest BCUT2D eigenvalue weighted by atomic mass is 10.00. The molecule has 1 unspecified atom stereocenters. The van der Waals surface area contributed by atoms with E-state index in [1.54, 1.807) is 55.3 Å². The van der Waals surface area contributed by atoms with Crippen LogP contribution in [0, 0.1) is 0 Å². The van der Waals surface area contributed by atoms with Gasteiger partial charge in [-0.25, -0.2) is 9.88 Å². The van der Waals surface area contributed by atoms with Gasteiger partial charge in [0.05, 0.1) is 24.2 Å². The van der Waals surface area contributed by atoms with Gasteiger partial charge in [-0.3, -0.25) is 9.59 Å². The van der Waals surface area contributed by atoms with Gasteiger partial charge >= 0.3 is 5.97 Å². The molecule has 0 N–H and O–H groups in total. The number of carbonyl (C=O) groups is 2. The van der Waals surface area contributed by atoms with Gasteiger partial charge in [0.25, 0.3) is 17.0 Å². The van der Waals surface area contributed by atoms with Crippen molar-refractivity contribution in [3.8, 4) is 28.6 Å². The van der Waals surface area contributed by atoms with Crippen molar-refractivity contribution in [2.75, 3.05) is 18.3 Å². The Kier molecular flexibility index (Phi) is 7.86. The highest BCUT2D eigenvalue weighted by Crippen LogP contribution is 2.49. The van der Waals surface area contributed by atoms with Crippen LogP contribution >= 0.6 is 43.6 Å². The predicted molar refractivity (Wildman–Crippen MR) is 139 cm³/mol. The van der Waals surface area contributed by atoms with E-state index < -0.39 is 18.0 Å². The number of para-hydroxylation sites is 1. The van der Waals surface area contributed by atoms with Crippen LogP contribution in [-0.2, 0) is 9.59 Å². The normalized spacial score (nSPS) is 14.2. The predicted octanol–water partition coefficient (Wildman–Crippen LogP) is 4.38. The van der Waals surface area contributed by atoms with Gasteiger partial charge < -0.3 is 14.6 Å². The largest absolute Gasteiger partial charge is 0.854 e. The summed E-state index contributed by atoms with van der Waals surface area (Å²) in [5.74, 6) is -0.807. The summed E-state index contributed by atoms with van der Waals surface area (Å²) in [6, 6.07) is 8.75. The van der Waals surface area contributed by atoms with Gasteiger partial charge in [0.1, 0.15) is 5.56 Å². The van der Waals surface area contributed by atoms with Gasteiger partial charge in [-0.15, -0.1) is 0 Å². The smallest absolute Gasteiger partial charge is 0.311 e. The molecule has 1 aliphatic heterocycles. The number of halogens is 2. The van der Waals surface area contributed by atoms with Gasteiger partial charge in [-0.05, 0) is 56.3 Å². The van der Waals surface area contributed by atoms with Crippen molar-refractivity contribution in [2.24, 2.45) is 0 Å². The highest BCUT2D eigenvalue weighted by atomic mass is 79.9. The van der Waals surface area contributed by atoms with Crippen molar-refractivity contribution in [3.05, 3.63) is 44.8 Å². The molecule has 0 spiro atoms. The van der Waals surface area contributed by atoms with E-state index in [1.165, 1.54) is 23.6 Å². The third kappa shape index (κ3) is 4.46. The molecule has 0 aliphatic carbocycles. The number of hydrogen-bond acceptors (Lipinski definition) is 8. The van der Waals surface area contributed by atoms with Crippen LogP contribution in [0.4, 0.5) is 5.69 Å². The van der Waals surface area contributed by atoms with E-state index in [-0.39, 0.29) is 41.1 Å². The SMILES string of the molecule is CCC(=O)Oc1c(OC)cc(Br)c(Br)c1C1N(C(=O)CC)c2ccccc2-c2c([O-])nc(SC)n[n+]21. The maximum atomic E-state index is 13.5. The van der Waals surface area contributed by atoms with Crippen LogP contribution in [0.2, 0.25) is 0 Å². The van der Waals surface area contributed by atoms with Crippen molar-refractivity contribution in [1.82, 2.24) is 10.1 Å². The third-order valence-electron chi connectivity index (χ3n) is 5.63. The summed E-state index contributed by atoms with van der Waals surface area (Å²) >= 11 is 8.35. The number of anilines is 1. The van der Waals surface area contributed by atoms with Crippen LogP contribution < -0.4 is 24.2 Å². The summed E-state index contributed by atoms with van der Waals surface area (Å²) in [4.78, 5) is 31.7. The number of esters is 1. The molecule has 188 valence electrons. The summed E-state index contributed by atoms with van der Waals surface area (Å²) in [6.07, 6.45) is 1.06. The minimum Gasteiger partial charge on any atom is -0.854 e. The first-order valence-corrected chi connectivity index (χ1v) is 13.8. The molecule has 36 heavy (non-hydrogen) atoms. The number of nitrogens with zero attached hydrogens (tertiary/aromatic N) is 4. The van der Waals surface area contributed by atoms with Gasteiger partial charge in [0.15, 0.2) is 11.5 Å². The molecule has 0 radical (unpaired) electrons. The molecular formula is C24H22Br2N4O5S. The van der Waals surface area contributed by atoms with Gasteiger partial charge in [-0.2, -0.15) is 0 Å². The summed E-state index contributed by atoms with van der Waals surface area (Å²) in [7, 11) is 1.46. The van der Waals surface area contributed by atoms with Crippen molar-refractivity contribution < 1.29 is 28.9 Å². The first-order valence-electron chi connectivity index (χ1n) is 11.0. The Labute approximate surface area is 229 Å². The average molecular weight is 638 g/mol. The molecule has 2 aromatic carbocycles. The van der Waals surface area contributed by atoms with Crippen LogP contribution in [0.25, 0.3) is 11.3 Å². The zero-order chi connectivity index (χ0) is 26.1. The number of ether oxygens (including phenoxy) is 2. The summed E-state index contributed by atoms with van der Waals surface area (Å²) < 4.78 is 13.9.